The van der Waals surface area contributed by atoms with Crippen molar-refractivity contribution in [1.29, 1.82) is 0 Å². The Labute approximate surface area is 179 Å². The summed E-state index contributed by atoms with van der Waals surface area (Å²) in [7, 11) is 0. The number of nitrogens with one attached hydrogen (secondary N) is 1. The molecule has 0 radical (unpaired) electrons. The van der Waals surface area contributed by atoms with Gasteiger partial charge in [-0.05, 0) is 24.5 Å². The van der Waals surface area contributed by atoms with E-state index < -0.39 is 36.5 Å². The fourth-order valence-corrected chi connectivity index (χ4v) is 3.48. The molecule has 0 spiro atoms. The third-order valence-corrected chi connectivity index (χ3v) is 4.95. The average Bonchev–Trinajstić information content (AvgIpc) is 3.11. The maximum Gasteiger partial charge on any atom is 0.329 e. The number of carboxylic acid groups (broad SMARTS) is 1. The number of rotatable bonds is 8. The molecule has 0 bridgehead atoms. The minimum Gasteiger partial charge on any atom is -0.480 e. The molecule has 2 aromatic rings. The Morgan fingerprint density at radius 3 is 2.68 bits per heavy atom. The maximum atomic E-state index is 13.1. The third-order valence-electron chi connectivity index (χ3n) is 4.95. The number of pyridine rings is 1. The molecule has 164 valence electrons. The second-order valence-corrected chi connectivity index (χ2v) is 7.92. The lowest BCUT2D eigenvalue weighted by molar-refractivity contribution is -0.145. The topological polar surface area (TPSA) is 126 Å². The normalized spacial score (nSPS) is 17.2. The van der Waals surface area contributed by atoms with Crippen molar-refractivity contribution < 1.29 is 29.0 Å². The van der Waals surface area contributed by atoms with E-state index >= 15 is 0 Å². The monoisotopic (exact) mass is 427 g/mol. The van der Waals surface area contributed by atoms with Crippen LogP contribution in [-0.4, -0.2) is 70.4 Å². The van der Waals surface area contributed by atoms with Crippen molar-refractivity contribution in [3.05, 3.63) is 42.1 Å². The Morgan fingerprint density at radius 1 is 1.23 bits per heavy atom. The summed E-state index contributed by atoms with van der Waals surface area (Å²) in [6, 6.07) is 9.95. The molecule has 2 N–H and O–H groups in total. The first kappa shape index (κ1) is 22.4. The van der Waals surface area contributed by atoms with Gasteiger partial charge in [0.2, 0.25) is 5.91 Å². The van der Waals surface area contributed by atoms with Crippen LogP contribution in [0.1, 0.15) is 30.8 Å². The van der Waals surface area contributed by atoms with Crippen molar-refractivity contribution in [3.8, 4) is 0 Å². The van der Waals surface area contributed by atoms with Gasteiger partial charge in [-0.3, -0.25) is 14.4 Å². The summed E-state index contributed by atoms with van der Waals surface area (Å²) in [5, 5.41) is 12.4. The smallest absolute Gasteiger partial charge is 0.329 e. The van der Waals surface area contributed by atoms with Gasteiger partial charge in [0, 0.05) is 5.39 Å². The molecule has 9 heteroatoms. The Morgan fingerprint density at radius 2 is 1.97 bits per heavy atom. The van der Waals surface area contributed by atoms with Gasteiger partial charge in [0.05, 0.1) is 18.6 Å². The fraction of sp³-hybridized carbons (Fsp3) is 0.409. The molecule has 3 rings (SSSR count). The van der Waals surface area contributed by atoms with Crippen molar-refractivity contribution >= 4 is 34.5 Å². The molecule has 2 heterocycles. The van der Waals surface area contributed by atoms with E-state index in [0.29, 0.717) is 11.9 Å². The number of carboxylic acids is 1. The van der Waals surface area contributed by atoms with Crippen LogP contribution in [0.5, 0.6) is 0 Å². The molecule has 1 aromatic heterocycles. The molecule has 0 aliphatic carbocycles. The van der Waals surface area contributed by atoms with Gasteiger partial charge in [0.1, 0.15) is 24.4 Å². The summed E-state index contributed by atoms with van der Waals surface area (Å²) in [5.74, 6) is -2.33. The second-order valence-electron chi connectivity index (χ2n) is 7.92. The zero-order valence-corrected chi connectivity index (χ0v) is 17.4. The number of hydrogen-bond donors (Lipinski definition) is 2. The largest absolute Gasteiger partial charge is 0.480 e. The van der Waals surface area contributed by atoms with Crippen molar-refractivity contribution in [2.24, 2.45) is 5.92 Å². The van der Waals surface area contributed by atoms with Crippen LogP contribution in [0.25, 0.3) is 10.9 Å². The van der Waals surface area contributed by atoms with Crippen LogP contribution in [0.4, 0.5) is 0 Å². The van der Waals surface area contributed by atoms with E-state index in [9.17, 15) is 19.2 Å². The average molecular weight is 427 g/mol. The quantitative estimate of drug-likeness (QED) is 0.649. The van der Waals surface area contributed by atoms with Gasteiger partial charge in [-0.25, -0.2) is 9.78 Å². The number of likely N-dealkylation sites (tertiary alicyclic amines) is 1. The van der Waals surface area contributed by atoms with E-state index in [-0.39, 0.29) is 30.5 Å². The molecule has 9 nitrogen and oxygen atoms in total. The molecule has 31 heavy (non-hydrogen) atoms. The fourth-order valence-electron chi connectivity index (χ4n) is 3.48. The van der Waals surface area contributed by atoms with E-state index in [1.807, 2.05) is 32.0 Å². The number of carbonyl (C=O) groups excluding carboxylic acids is 3. The van der Waals surface area contributed by atoms with Crippen LogP contribution in [0.15, 0.2) is 36.4 Å². The third kappa shape index (κ3) is 5.64. The number of nitrogens with zero attached hydrogens (tertiary/aromatic N) is 2. The van der Waals surface area contributed by atoms with Gasteiger partial charge in [-0.15, -0.1) is 0 Å². The molecule has 1 aliphatic heterocycles. The molecular formula is C22H25N3O6. The highest BCUT2D eigenvalue weighted by molar-refractivity contribution is 5.99. The lowest BCUT2D eigenvalue weighted by Crippen LogP contribution is -2.49. The summed E-state index contributed by atoms with van der Waals surface area (Å²) >= 11 is 0. The van der Waals surface area contributed by atoms with Gasteiger partial charge < -0.3 is 20.1 Å². The molecular weight excluding hydrogens is 402 g/mol. The minimum atomic E-state index is -1.19. The molecule has 1 fully saturated rings. The Hall–Kier alpha value is -3.33. The highest BCUT2D eigenvalue weighted by atomic mass is 16.5. The predicted molar refractivity (Wildman–Crippen MR) is 111 cm³/mol. The molecule has 1 aliphatic rings. The summed E-state index contributed by atoms with van der Waals surface area (Å²) in [4.78, 5) is 54.3. The van der Waals surface area contributed by atoms with Crippen molar-refractivity contribution in [1.82, 2.24) is 15.2 Å². The van der Waals surface area contributed by atoms with Gasteiger partial charge in [0.25, 0.3) is 5.91 Å². The van der Waals surface area contributed by atoms with Crippen molar-refractivity contribution in [2.75, 3.05) is 19.7 Å². The van der Waals surface area contributed by atoms with E-state index in [2.05, 4.69) is 10.3 Å². The van der Waals surface area contributed by atoms with Crippen molar-refractivity contribution in [3.63, 3.8) is 0 Å². The number of ketones is 1. The van der Waals surface area contributed by atoms with Crippen LogP contribution in [0.3, 0.4) is 0 Å². The number of aromatic nitrogens is 1. The van der Waals surface area contributed by atoms with E-state index in [1.165, 1.54) is 4.90 Å². The van der Waals surface area contributed by atoms with E-state index in [1.54, 1.807) is 18.2 Å². The number of amides is 2. The number of ether oxygens (including phenoxy) is 1. The highest BCUT2D eigenvalue weighted by Gasteiger charge is 2.38. The summed E-state index contributed by atoms with van der Waals surface area (Å²) < 4.78 is 5.07. The summed E-state index contributed by atoms with van der Waals surface area (Å²) in [5.41, 5.74) is 0.867. The number of fused-ring (bicyclic) bond motifs is 1. The number of para-hydroxylation sites is 1. The lowest BCUT2D eigenvalue weighted by atomic mass is 10.0. The Balaban J connectivity index is 1.71. The maximum absolute atomic E-state index is 13.1. The van der Waals surface area contributed by atoms with Gasteiger partial charge in [0.15, 0.2) is 5.78 Å². The standard InChI is InChI=1S/C22H25N3O6/c1-13(2)9-17(22(30)25-10-18(26)19(11-25)31-12-20(27)28)24-21(29)16-8-7-14-5-3-4-6-15(14)23-16/h3-8,13,17,19H,9-12H2,1-2H3,(H,24,29)(H,27,28). The number of Topliss-reactive ketones (excluding diaryl/α,β-unsaturated/α-hetero) is 1. The van der Waals surface area contributed by atoms with Gasteiger partial charge in [-0.1, -0.05) is 38.1 Å². The van der Waals surface area contributed by atoms with E-state index in [0.717, 1.165) is 5.39 Å². The molecule has 2 amide bonds. The summed E-state index contributed by atoms with van der Waals surface area (Å²) in [6.45, 7) is 3.02. The number of hydrogen-bond acceptors (Lipinski definition) is 6. The summed E-state index contributed by atoms with van der Waals surface area (Å²) in [6.07, 6.45) is -0.596. The molecule has 0 saturated carbocycles. The number of aliphatic carboxylic acids is 1. The first-order valence-electron chi connectivity index (χ1n) is 10.1. The number of benzene rings is 1. The minimum absolute atomic E-state index is 0.0381. The van der Waals surface area contributed by atoms with Crippen molar-refractivity contribution in [2.45, 2.75) is 32.4 Å². The Bertz CT molecular complexity index is 1010. The van der Waals surface area contributed by atoms with Crippen LogP contribution >= 0.6 is 0 Å². The van der Waals surface area contributed by atoms with Gasteiger partial charge >= 0.3 is 5.97 Å². The van der Waals surface area contributed by atoms with Crippen LogP contribution in [0.2, 0.25) is 0 Å². The first-order chi connectivity index (χ1) is 14.7. The van der Waals surface area contributed by atoms with Gasteiger partial charge in [-0.2, -0.15) is 0 Å². The second kappa shape index (κ2) is 9.65. The predicted octanol–water partition coefficient (Wildman–Crippen LogP) is 1.26. The molecule has 1 saturated heterocycles. The van der Waals surface area contributed by atoms with E-state index in [4.69, 9.17) is 9.84 Å². The SMILES string of the molecule is CC(C)CC(NC(=O)c1ccc2ccccc2n1)C(=O)N1CC(=O)C(OCC(=O)O)C1. The lowest BCUT2D eigenvalue weighted by Gasteiger charge is -2.25. The number of carbonyl (C=O) groups is 4. The Kier molecular flexibility index (Phi) is 6.96. The molecule has 2 atom stereocenters. The zero-order chi connectivity index (χ0) is 22.5. The van der Waals surface area contributed by atoms with Crippen LogP contribution in [0, 0.1) is 5.92 Å². The highest BCUT2D eigenvalue weighted by Crippen LogP contribution is 2.16. The first-order valence-corrected chi connectivity index (χ1v) is 10.1. The molecule has 2 unspecified atom stereocenters. The van der Waals surface area contributed by atoms with Crippen LogP contribution in [-0.2, 0) is 19.1 Å². The molecule has 1 aromatic carbocycles. The zero-order valence-electron chi connectivity index (χ0n) is 17.4. The van der Waals surface area contributed by atoms with Crippen LogP contribution < -0.4 is 5.32 Å².